The number of carbonyl (C=O) groups is 1. The third-order valence-corrected chi connectivity index (χ3v) is 4.39. The van der Waals surface area contributed by atoms with Gasteiger partial charge in [-0.05, 0) is 12.1 Å². The minimum Gasteiger partial charge on any atom is -0.465 e. The summed E-state index contributed by atoms with van der Waals surface area (Å²) in [7, 11) is 5.97. The monoisotopic (exact) mass is 278 g/mol. The van der Waals surface area contributed by atoms with Crippen LogP contribution in [-0.2, 0) is 11.3 Å². The molecule has 0 bridgehead atoms. The van der Waals surface area contributed by atoms with E-state index >= 15 is 0 Å². The van der Waals surface area contributed by atoms with Crippen LogP contribution in [0.3, 0.4) is 0 Å². The molecule has 0 spiro atoms. The van der Waals surface area contributed by atoms with Crippen molar-refractivity contribution in [2.24, 2.45) is 0 Å². The van der Waals surface area contributed by atoms with Gasteiger partial charge in [0.25, 0.3) is 0 Å². The van der Waals surface area contributed by atoms with Crippen molar-refractivity contribution >= 4 is 5.97 Å². The fraction of sp³-hybridized carbons (Fsp3) is 0.562. The Morgan fingerprint density at radius 2 is 1.90 bits per heavy atom. The molecule has 1 fully saturated rings. The minimum atomic E-state index is -0.268. The Labute approximate surface area is 121 Å². The molecular weight excluding hydrogens is 252 g/mol. The van der Waals surface area contributed by atoms with Crippen LogP contribution in [0.25, 0.3) is 0 Å². The maximum Gasteiger partial charge on any atom is 0.337 e. The zero-order chi connectivity index (χ0) is 14.5. The van der Waals surface area contributed by atoms with Gasteiger partial charge in [0.05, 0.1) is 45.9 Å². The van der Waals surface area contributed by atoms with Crippen molar-refractivity contribution in [1.82, 2.24) is 0 Å². The molecule has 4 nitrogen and oxygen atoms in total. The van der Waals surface area contributed by atoms with Crippen LogP contribution in [-0.4, -0.2) is 46.3 Å². The average molecular weight is 278 g/mol. The normalized spacial score (nSPS) is 24.1. The van der Waals surface area contributed by atoms with E-state index in [0.717, 1.165) is 12.6 Å². The molecule has 0 amide bonds. The lowest BCUT2D eigenvalue weighted by molar-refractivity contribution is -0.948. The van der Waals surface area contributed by atoms with Crippen molar-refractivity contribution in [3.05, 3.63) is 35.4 Å². The Bertz CT molecular complexity index is 436. The van der Waals surface area contributed by atoms with Gasteiger partial charge in [0.2, 0.25) is 0 Å². The van der Waals surface area contributed by atoms with E-state index in [4.69, 9.17) is 4.74 Å². The molecule has 1 unspecified atom stereocenters. The predicted molar refractivity (Wildman–Crippen MR) is 78.0 cm³/mol. The zero-order valence-corrected chi connectivity index (χ0v) is 12.7. The molecule has 1 aliphatic rings. The molecule has 1 aromatic carbocycles. The molecule has 1 heterocycles. The number of esters is 1. The Kier molecular flexibility index (Phi) is 5.15. The Morgan fingerprint density at radius 1 is 1.30 bits per heavy atom. The maximum absolute atomic E-state index is 11.4. The molecule has 0 aromatic heterocycles. The van der Waals surface area contributed by atoms with Gasteiger partial charge in [-0.25, -0.2) is 4.79 Å². The van der Waals surface area contributed by atoms with Crippen LogP contribution in [0.15, 0.2) is 24.3 Å². The zero-order valence-electron chi connectivity index (χ0n) is 12.7. The predicted octanol–water partition coefficient (Wildman–Crippen LogP) is -0.835. The minimum absolute atomic E-state index is 0.268. The molecule has 110 valence electrons. The number of nitrogens with one attached hydrogen (secondary N) is 2. The number of hydrogen-bond acceptors (Lipinski definition) is 2. The summed E-state index contributed by atoms with van der Waals surface area (Å²) in [5.41, 5.74) is 1.90. The fourth-order valence-corrected chi connectivity index (χ4v) is 2.95. The summed E-state index contributed by atoms with van der Waals surface area (Å²) in [4.78, 5) is 14.6. The van der Waals surface area contributed by atoms with Crippen LogP contribution < -0.4 is 9.80 Å². The van der Waals surface area contributed by atoms with Gasteiger partial charge in [-0.3, -0.25) is 0 Å². The van der Waals surface area contributed by atoms with Crippen molar-refractivity contribution in [3.8, 4) is 0 Å². The smallest absolute Gasteiger partial charge is 0.337 e. The van der Waals surface area contributed by atoms with E-state index in [1.165, 1.54) is 38.6 Å². The highest BCUT2D eigenvalue weighted by molar-refractivity contribution is 5.89. The summed E-state index contributed by atoms with van der Waals surface area (Å²) in [6.07, 6.45) is 2.61. The van der Waals surface area contributed by atoms with Gasteiger partial charge in [-0.2, -0.15) is 0 Å². The van der Waals surface area contributed by atoms with E-state index in [9.17, 15) is 4.79 Å². The Balaban J connectivity index is 1.91. The summed E-state index contributed by atoms with van der Waals surface area (Å²) in [5, 5.41) is 0. The molecular formula is C16H26N2O2+2. The first-order valence-corrected chi connectivity index (χ1v) is 7.41. The first-order chi connectivity index (χ1) is 9.60. The molecule has 1 aromatic rings. The third kappa shape index (κ3) is 3.81. The SMILES string of the molecule is COC(=O)c1ccc(C[NH+](C)C2CC[NH+](C)CC2)cc1. The summed E-state index contributed by atoms with van der Waals surface area (Å²) in [6.45, 7) is 3.58. The lowest BCUT2D eigenvalue weighted by atomic mass is 10.0. The fourth-order valence-electron chi connectivity index (χ4n) is 2.95. The van der Waals surface area contributed by atoms with Gasteiger partial charge in [0.15, 0.2) is 0 Å². The molecule has 4 heteroatoms. The van der Waals surface area contributed by atoms with Crippen LogP contribution in [0, 0.1) is 0 Å². The first kappa shape index (κ1) is 15.0. The number of likely N-dealkylation sites (tertiary alicyclic amines) is 1. The molecule has 0 aliphatic carbocycles. The number of ether oxygens (including phenoxy) is 1. The van der Waals surface area contributed by atoms with Gasteiger partial charge < -0.3 is 14.5 Å². The van der Waals surface area contributed by atoms with Gasteiger partial charge in [-0.1, -0.05) is 12.1 Å². The number of quaternary nitrogens is 2. The van der Waals surface area contributed by atoms with Crippen LogP contribution in [0.5, 0.6) is 0 Å². The number of hydrogen-bond donors (Lipinski definition) is 2. The second-order valence-corrected chi connectivity index (χ2v) is 5.94. The van der Waals surface area contributed by atoms with Gasteiger partial charge in [0.1, 0.15) is 6.54 Å². The average Bonchev–Trinajstić information content (AvgIpc) is 2.48. The van der Waals surface area contributed by atoms with Crippen molar-refractivity contribution in [3.63, 3.8) is 0 Å². The summed E-state index contributed by atoms with van der Waals surface area (Å²) < 4.78 is 4.72. The van der Waals surface area contributed by atoms with E-state index in [2.05, 4.69) is 14.1 Å². The van der Waals surface area contributed by atoms with Crippen molar-refractivity contribution < 1.29 is 19.3 Å². The molecule has 2 N–H and O–H groups in total. The molecule has 1 aliphatic heterocycles. The van der Waals surface area contributed by atoms with E-state index in [0.29, 0.717) is 5.56 Å². The topological polar surface area (TPSA) is 35.2 Å². The summed E-state index contributed by atoms with van der Waals surface area (Å²) in [6, 6.07) is 8.55. The summed E-state index contributed by atoms with van der Waals surface area (Å²) >= 11 is 0. The van der Waals surface area contributed by atoms with Crippen LogP contribution in [0.1, 0.15) is 28.8 Å². The molecule has 1 saturated heterocycles. The second kappa shape index (κ2) is 6.86. The second-order valence-electron chi connectivity index (χ2n) is 5.94. The van der Waals surface area contributed by atoms with Gasteiger partial charge in [-0.15, -0.1) is 0 Å². The van der Waals surface area contributed by atoms with E-state index in [-0.39, 0.29) is 5.97 Å². The number of carbonyl (C=O) groups excluding carboxylic acids is 1. The van der Waals surface area contributed by atoms with Gasteiger partial charge >= 0.3 is 5.97 Å². The molecule has 0 saturated carbocycles. The Hall–Kier alpha value is -1.39. The van der Waals surface area contributed by atoms with Crippen LogP contribution in [0.4, 0.5) is 0 Å². The lowest BCUT2D eigenvalue weighted by Crippen LogP contribution is -3.17. The highest BCUT2D eigenvalue weighted by Gasteiger charge is 2.25. The first-order valence-electron chi connectivity index (χ1n) is 7.41. The Morgan fingerprint density at radius 3 is 2.45 bits per heavy atom. The summed E-state index contributed by atoms with van der Waals surface area (Å²) in [5.74, 6) is -0.268. The quantitative estimate of drug-likeness (QED) is 0.705. The van der Waals surface area contributed by atoms with Gasteiger partial charge in [0, 0.05) is 18.4 Å². The maximum atomic E-state index is 11.4. The van der Waals surface area contributed by atoms with E-state index < -0.39 is 0 Å². The van der Waals surface area contributed by atoms with Crippen molar-refractivity contribution in [2.75, 3.05) is 34.3 Å². The molecule has 0 radical (unpaired) electrons. The van der Waals surface area contributed by atoms with Crippen molar-refractivity contribution in [1.29, 1.82) is 0 Å². The molecule has 20 heavy (non-hydrogen) atoms. The van der Waals surface area contributed by atoms with Crippen LogP contribution in [0.2, 0.25) is 0 Å². The largest absolute Gasteiger partial charge is 0.465 e. The van der Waals surface area contributed by atoms with Crippen molar-refractivity contribution in [2.45, 2.75) is 25.4 Å². The number of piperidine rings is 1. The van der Waals surface area contributed by atoms with E-state index in [1.807, 2.05) is 24.3 Å². The highest BCUT2D eigenvalue weighted by Crippen LogP contribution is 2.05. The standard InChI is InChI=1S/C16H24N2O2/c1-17-10-8-15(9-11-17)18(2)12-13-4-6-14(7-5-13)16(19)20-3/h4-7,15H,8-12H2,1-3H3/p+2. The van der Waals surface area contributed by atoms with E-state index in [1.54, 1.807) is 9.80 Å². The molecule has 2 rings (SSSR count). The van der Waals surface area contributed by atoms with Crippen LogP contribution >= 0.6 is 0 Å². The number of methoxy groups -OCH3 is 1. The third-order valence-electron chi connectivity index (χ3n) is 4.39. The molecule has 1 atom stereocenters. The number of rotatable bonds is 4. The number of benzene rings is 1. The highest BCUT2D eigenvalue weighted by atomic mass is 16.5. The lowest BCUT2D eigenvalue weighted by Gasteiger charge is -2.30.